The van der Waals surface area contributed by atoms with Gasteiger partial charge in [-0.2, -0.15) is 13.2 Å². The summed E-state index contributed by atoms with van der Waals surface area (Å²) in [5, 5.41) is 12.8. The smallest absolute Gasteiger partial charge is 0.391 e. The Kier molecular flexibility index (Phi) is 5.12. The summed E-state index contributed by atoms with van der Waals surface area (Å²) in [5.74, 6) is -0.921. The second-order valence-electron chi connectivity index (χ2n) is 6.10. The first-order valence-corrected chi connectivity index (χ1v) is 7.44. The average molecular weight is 279 g/mol. The molecule has 0 aromatic carbocycles. The predicted octanol–water partition coefficient (Wildman–Crippen LogP) is 3.25. The standard InChI is InChI=1S/C14H24F3NO/c15-14(16,17)11-5-3-6-12(8-11)18-13-7-2-1-4-10(13)9-19/h10-13,18-19H,1-9H2/t10-,11-,12+,13-/m0/s1. The zero-order valence-corrected chi connectivity index (χ0v) is 11.3. The van der Waals surface area contributed by atoms with Crippen LogP contribution in [0.15, 0.2) is 0 Å². The molecule has 0 unspecified atom stereocenters. The van der Waals surface area contributed by atoms with Crippen LogP contribution in [0.4, 0.5) is 13.2 Å². The Labute approximate surface area is 112 Å². The molecule has 2 rings (SSSR count). The van der Waals surface area contributed by atoms with E-state index in [1.807, 2.05) is 0 Å². The molecule has 0 aliphatic heterocycles. The van der Waals surface area contributed by atoms with Crippen molar-refractivity contribution < 1.29 is 18.3 Å². The topological polar surface area (TPSA) is 32.3 Å². The maximum absolute atomic E-state index is 12.8. The number of hydrogen-bond donors (Lipinski definition) is 2. The van der Waals surface area contributed by atoms with Crippen LogP contribution in [0.5, 0.6) is 0 Å². The second-order valence-corrected chi connectivity index (χ2v) is 6.10. The molecule has 0 heterocycles. The molecule has 2 aliphatic rings. The Balaban J connectivity index is 1.87. The molecule has 0 aromatic rings. The van der Waals surface area contributed by atoms with Gasteiger partial charge >= 0.3 is 6.18 Å². The Morgan fingerprint density at radius 2 is 1.74 bits per heavy atom. The fourth-order valence-corrected chi connectivity index (χ4v) is 3.59. The van der Waals surface area contributed by atoms with Gasteiger partial charge in [0.15, 0.2) is 0 Å². The Morgan fingerprint density at radius 3 is 2.42 bits per heavy atom. The van der Waals surface area contributed by atoms with Gasteiger partial charge in [-0.05, 0) is 38.0 Å². The molecule has 0 bridgehead atoms. The van der Waals surface area contributed by atoms with E-state index in [-0.39, 0.29) is 37.5 Å². The monoisotopic (exact) mass is 279 g/mol. The van der Waals surface area contributed by atoms with E-state index in [0.29, 0.717) is 6.42 Å². The summed E-state index contributed by atoms with van der Waals surface area (Å²) in [6.45, 7) is 0.146. The lowest BCUT2D eigenvalue weighted by molar-refractivity contribution is -0.184. The molecule has 19 heavy (non-hydrogen) atoms. The first-order chi connectivity index (χ1) is 9.00. The van der Waals surface area contributed by atoms with E-state index < -0.39 is 12.1 Å². The van der Waals surface area contributed by atoms with Gasteiger partial charge < -0.3 is 10.4 Å². The molecule has 0 saturated heterocycles. The Bertz CT molecular complexity index is 282. The SMILES string of the molecule is OC[C@@H]1CCCC[C@@H]1N[C@@H]1CCC[C@H](C(F)(F)F)C1. The molecular weight excluding hydrogens is 255 g/mol. The van der Waals surface area contributed by atoms with Gasteiger partial charge in [0.2, 0.25) is 0 Å². The molecule has 2 nitrogen and oxygen atoms in total. The van der Waals surface area contributed by atoms with Crippen molar-refractivity contribution >= 4 is 0 Å². The number of rotatable bonds is 3. The zero-order valence-electron chi connectivity index (χ0n) is 11.3. The third kappa shape index (κ3) is 4.09. The van der Waals surface area contributed by atoms with E-state index in [0.717, 1.165) is 32.1 Å². The number of alkyl halides is 3. The maximum atomic E-state index is 12.8. The molecule has 0 aromatic heterocycles. The van der Waals surface area contributed by atoms with Crippen LogP contribution in [0, 0.1) is 11.8 Å². The van der Waals surface area contributed by atoms with Crippen molar-refractivity contribution in [3.8, 4) is 0 Å². The molecule has 112 valence electrons. The summed E-state index contributed by atoms with van der Waals surface area (Å²) in [6.07, 6.45) is 2.13. The third-order valence-electron chi connectivity index (χ3n) is 4.73. The van der Waals surface area contributed by atoms with Crippen molar-refractivity contribution in [3.05, 3.63) is 0 Å². The summed E-state index contributed by atoms with van der Waals surface area (Å²) >= 11 is 0. The lowest BCUT2D eigenvalue weighted by atomic mass is 9.81. The van der Waals surface area contributed by atoms with Gasteiger partial charge in [-0.15, -0.1) is 0 Å². The largest absolute Gasteiger partial charge is 0.396 e. The lowest BCUT2D eigenvalue weighted by Crippen LogP contribution is -2.48. The number of aliphatic hydroxyl groups excluding tert-OH is 1. The van der Waals surface area contributed by atoms with Gasteiger partial charge in [0.1, 0.15) is 0 Å². The van der Waals surface area contributed by atoms with Crippen molar-refractivity contribution in [1.29, 1.82) is 0 Å². The molecule has 2 fully saturated rings. The van der Waals surface area contributed by atoms with Crippen LogP contribution in [0.2, 0.25) is 0 Å². The van der Waals surface area contributed by atoms with E-state index in [9.17, 15) is 18.3 Å². The van der Waals surface area contributed by atoms with Crippen LogP contribution in [0.25, 0.3) is 0 Å². The van der Waals surface area contributed by atoms with Crippen molar-refractivity contribution in [2.45, 2.75) is 69.6 Å². The van der Waals surface area contributed by atoms with Crippen molar-refractivity contribution in [2.75, 3.05) is 6.61 Å². The van der Waals surface area contributed by atoms with Gasteiger partial charge in [-0.3, -0.25) is 0 Å². The normalized spacial score (nSPS) is 37.3. The van der Waals surface area contributed by atoms with Crippen LogP contribution in [0.1, 0.15) is 51.4 Å². The van der Waals surface area contributed by atoms with Crippen molar-refractivity contribution in [1.82, 2.24) is 5.32 Å². The fraction of sp³-hybridized carbons (Fsp3) is 1.00. The lowest BCUT2D eigenvalue weighted by Gasteiger charge is -2.38. The van der Waals surface area contributed by atoms with Crippen LogP contribution in [-0.4, -0.2) is 30.0 Å². The van der Waals surface area contributed by atoms with E-state index in [4.69, 9.17) is 0 Å². The third-order valence-corrected chi connectivity index (χ3v) is 4.73. The molecule has 5 heteroatoms. The number of halogens is 3. The maximum Gasteiger partial charge on any atom is 0.391 e. The second kappa shape index (κ2) is 6.44. The summed E-state index contributed by atoms with van der Waals surface area (Å²) in [5.41, 5.74) is 0. The fourth-order valence-electron chi connectivity index (χ4n) is 3.59. The van der Waals surface area contributed by atoms with Gasteiger partial charge in [0, 0.05) is 18.7 Å². The van der Waals surface area contributed by atoms with E-state index >= 15 is 0 Å². The summed E-state index contributed by atoms with van der Waals surface area (Å²) in [6, 6.07) is 0.174. The van der Waals surface area contributed by atoms with Gasteiger partial charge in [-0.25, -0.2) is 0 Å². The Hall–Kier alpha value is -0.290. The molecule has 2 N–H and O–H groups in total. The number of hydrogen-bond acceptors (Lipinski definition) is 2. The first-order valence-electron chi connectivity index (χ1n) is 7.44. The molecule has 0 radical (unpaired) electrons. The highest BCUT2D eigenvalue weighted by molar-refractivity contribution is 4.87. The van der Waals surface area contributed by atoms with Crippen LogP contribution in [-0.2, 0) is 0 Å². The Morgan fingerprint density at radius 1 is 1.00 bits per heavy atom. The highest BCUT2D eigenvalue weighted by Gasteiger charge is 2.42. The van der Waals surface area contributed by atoms with Crippen LogP contribution >= 0.6 is 0 Å². The molecule has 0 spiro atoms. The van der Waals surface area contributed by atoms with E-state index in [1.54, 1.807) is 0 Å². The minimum absolute atomic E-state index is 0.0301. The summed E-state index contributed by atoms with van der Waals surface area (Å²) in [4.78, 5) is 0. The predicted molar refractivity (Wildman–Crippen MR) is 67.8 cm³/mol. The van der Waals surface area contributed by atoms with Crippen molar-refractivity contribution in [2.24, 2.45) is 11.8 Å². The molecule has 2 saturated carbocycles. The zero-order chi connectivity index (χ0) is 13.9. The van der Waals surface area contributed by atoms with Crippen LogP contribution < -0.4 is 5.32 Å². The highest BCUT2D eigenvalue weighted by atomic mass is 19.4. The molecule has 4 atom stereocenters. The van der Waals surface area contributed by atoms with E-state index in [1.165, 1.54) is 0 Å². The minimum Gasteiger partial charge on any atom is -0.396 e. The molecular formula is C14H24F3NO. The van der Waals surface area contributed by atoms with Crippen LogP contribution in [0.3, 0.4) is 0 Å². The van der Waals surface area contributed by atoms with E-state index in [2.05, 4.69) is 5.32 Å². The van der Waals surface area contributed by atoms with Gasteiger partial charge in [0.25, 0.3) is 0 Å². The minimum atomic E-state index is -4.05. The first kappa shape index (κ1) is 15.1. The molecule has 0 amide bonds. The number of nitrogens with one attached hydrogen (secondary N) is 1. The summed E-state index contributed by atoms with van der Waals surface area (Å²) < 4.78 is 38.3. The van der Waals surface area contributed by atoms with Gasteiger partial charge in [-0.1, -0.05) is 19.3 Å². The summed E-state index contributed by atoms with van der Waals surface area (Å²) in [7, 11) is 0. The highest BCUT2D eigenvalue weighted by Crippen LogP contribution is 2.38. The number of aliphatic hydroxyl groups is 1. The van der Waals surface area contributed by atoms with Crippen molar-refractivity contribution in [3.63, 3.8) is 0 Å². The average Bonchev–Trinajstić information content (AvgIpc) is 2.39. The quantitative estimate of drug-likeness (QED) is 0.831. The van der Waals surface area contributed by atoms with Gasteiger partial charge in [0.05, 0.1) is 5.92 Å². The molecule has 2 aliphatic carbocycles.